The zero-order valence-electron chi connectivity index (χ0n) is 24.6. The number of nitrogens with one attached hydrogen (secondary N) is 3. The Morgan fingerprint density at radius 3 is 2.17 bits per heavy atom. The van der Waals surface area contributed by atoms with Crippen molar-refractivity contribution >= 4 is 32.0 Å². The largest absolute Gasteiger partial charge is 0.478 e. The van der Waals surface area contributed by atoms with Crippen LogP contribution in [0.15, 0.2) is 41.3 Å². The van der Waals surface area contributed by atoms with E-state index in [-0.39, 0.29) is 12.2 Å². The van der Waals surface area contributed by atoms with Gasteiger partial charge >= 0.3 is 18.2 Å². The lowest BCUT2D eigenvalue weighted by Gasteiger charge is -2.42. The highest BCUT2D eigenvalue weighted by Gasteiger charge is 2.52. The third-order valence-electron chi connectivity index (χ3n) is 7.10. The number of carboxylic acid groups (broad SMARTS) is 1. The van der Waals surface area contributed by atoms with E-state index in [0.717, 1.165) is 6.20 Å². The lowest BCUT2D eigenvalue weighted by Crippen LogP contribution is -2.59. The van der Waals surface area contributed by atoms with Crippen LogP contribution in [-0.4, -0.2) is 54.7 Å². The number of alkyl halides is 3. The number of carboxylic acids is 1. The van der Waals surface area contributed by atoms with Gasteiger partial charge in [0.05, 0.1) is 18.0 Å². The molecule has 0 spiro atoms. The van der Waals surface area contributed by atoms with Gasteiger partial charge in [-0.15, -0.1) is 0 Å². The minimum Gasteiger partial charge on any atom is -0.478 e. The fourth-order valence-electron chi connectivity index (χ4n) is 3.78. The fraction of sp³-hybridized carbons (Fsp3) is 0.500. The van der Waals surface area contributed by atoms with E-state index >= 15 is 0 Å². The highest BCUT2D eigenvalue weighted by atomic mass is 28.4. The van der Waals surface area contributed by atoms with Crippen molar-refractivity contribution in [3.63, 3.8) is 0 Å². The van der Waals surface area contributed by atoms with Crippen LogP contribution in [0.3, 0.4) is 0 Å². The van der Waals surface area contributed by atoms with Crippen molar-refractivity contribution < 1.29 is 41.8 Å². The number of H-pyrrole nitrogens is 1. The van der Waals surface area contributed by atoms with Gasteiger partial charge in [-0.1, -0.05) is 65.0 Å². The van der Waals surface area contributed by atoms with Gasteiger partial charge in [0.1, 0.15) is 12.3 Å². The quantitative estimate of drug-likeness (QED) is 0.246. The van der Waals surface area contributed by atoms with Gasteiger partial charge in [-0.25, -0.2) is 9.59 Å². The van der Waals surface area contributed by atoms with Crippen molar-refractivity contribution in [2.45, 2.75) is 84.1 Å². The molecule has 2 unspecified atom stereocenters. The number of hydrogen-bond acceptors (Lipinski definition) is 6. The van der Waals surface area contributed by atoms with Gasteiger partial charge in [0.2, 0.25) is 5.91 Å². The van der Waals surface area contributed by atoms with Crippen LogP contribution in [0.4, 0.5) is 23.7 Å². The molecule has 1 heterocycles. The molecule has 2 rings (SSSR count). The Balaban J connectivity index is 2.32. The summed E-state index contributed by atoms with van der Waals surface area (Å²) in [5.74, 6) is -3.29. The minimum atomic E-state index is -4.81. The van der Waals surface area contributed by atoms with E-state index in [4.69, 9.17) is 9.16 Å². The first-order chi connectivity index (χ1) is 19.2. The summed E-state index contributed by atoms with van der Waals surface area (Å²) in [5.41, 5.74) is -1.96. The van der Waals surface area contributed by atoms with Crippen LogP contribution in [0, 0.1) is 5.92 Å². The molecule has 0 aliphatic rings. The predicted molar refractivity (Wildman–Crippen MR) is 153 cm³/mol. The minimum absolute atomic E-state index is 0.164. The molecule has 14 heteroatoms. The Morgan fingerprint density at radius 1 is 1.07 bits per heavy atom. The molecule has 232 valence electrons. The number of carbonyl (C=O) groups excluding carboxylic acids is 2. The molecular weight excluding hydrogens is 575 g/mol. The average molecular weight is 614 g/mol. The molecule has 2 amide bonds. The lowest BCUT2D eigenvalue weighted by molar-refractivity contribution is -0.210. The molecule has 0 aliphatic carbocycles. The van der Waals surface area contributed by atoms with Gasteiger partial charge in [-0.05, 0) is 35.2 Å². The lowest BCUT2D eigenvalue weighted by atomic mass is 9.97. The molecular formula is C28H38F3N3O7Si. The Hall–Kier alpha value is -3.65. The highest BCUT2D eigenvalue weighted by Crippen LogP contribution is 2.41. The Morgan fingerprint density at radius 2 is 1.67 bits per heavy atom. The van der Waals surface area contributed by atoms with Crippen LogP contribution < -0.4 is 16.2 Å². The SMILES string of the molecule is CC(C)C(NC(=O)Cc1c[nH]c(=O)c(NC(=O)OCc2ccccc2)c1C(=O)O)C(O[Si](C)(C)C(C)(C)C)C(F)(F)F. The highest BCUT2D eigenvalue weighted by molar-refractivity contribution is 6.74. The standard InChI is InChI=1S/C28H38F3N3O7Si/c1-16(2)21(23(28(29,30)31)41-42(6,7)27(3,4)5)33-19(35)13-18-14-32-24(36)22(20(18)25(37)38)34-26(39)40-15-17-11-9-8-10-12-17/h8-12,14,16,21,23H,13,15H2,1-7H3,(H,32,36)(H,33,35)(H,34,39)(H,37,38). The van der Waals surface area contributed by atoms with Crippen LogP contribution in [-0.2, 0) is 27.0 Å². The number of anilines is 1. The zero-order chi connectivity index (χ0) is 32.0. The Kier molecular flexibility index (Phi) is 11.1. The number of rotatable bonds is 11. The van der Waals surface area contributed by atoms with E-state index in [1.54, 1.807) is 64.2 Å². The number of carbonyl (C=O) groups is 3. The molecule has 0 radical (unpaired) electrons. The second-order valence-electron chi connectivity index (χ2n) is 11.7. The maximum Gasteiger partial charge on any atom is 0.415 e. The van der Waals surface area contributed by atoms with E-state index in [1.165, 1.54) is 13.8 Å². The number of ether oxygens (including phenoxy) is 1. The normalized spacial score (nSPS) is 13.8. The summed E-state index contributed by atoms with van der Waals surface area (Å²) < 4.78 is 53.6. The second kappa shape index (κ2) is 13.5. The number of benzene rings is 1. The van der Waals surface area contributed by atoms with E-state index in [2.05, 4.69) is 15.6 Å². The van der Waals surface area contributed by atoms with E-state index in [0.29, 0.717) is 5.56 Å². The molecule has 0 fully saturated rings. The van der Waals surface area contributed by atoms with Crippen molar-refractivity contribution in [3.05, 3.63) is 63.6 Å². The summed E-state index contributed by atoms with van der Waals surface area (Å²) in [7, 11) is -2.93. The van der Waals surface area contributed by atoms with Gasteiger partial charge < -0.3 is 24.6 Å². The predicted octanol–water partition coefficient (Wildman–Crippen LogP) is 5.46. The maximum atomic E-state index is 14.3. The van der Waals surface area contributed by atoms with Crippen LogP contribution in [0.25, 0.3) is 0 Å². The monoisotopic (exact) mass is 613 g/mol. The van der Waals surface area contributed by atoms with E-state index < -0.39 is 78.8 Å². The summed E-state index contributed by atoms with van der Waals surface area (Å²) in [6.07, 6.45) is -7.99. The number of aromatic nitrogens is 1. The van der Waals surface area contributed by atoms with Crippen molar-refractivity contribution in [3.8, 4) is 0 Å². The molecule has 1 aromatic heterocycles. The molecule has 0 aliphatic heterocycles. The number of amides is 2. The second-order valence-corrected chi connectivity index (χ2v) is 16.5. The fourth-order valence-corrected chi connectivity index (χ4v) is 5.04. The van der Waals surface area contributed by atoms with Crippen LogP contribution in [0.5, 0.6) is 0 Å². The smallest absolute Gasteiger partial charge is 0.415 e. The maximum absolute atomic E-state index is 14.3. The Bertz CT molecular complexity index is 1320. The first-order valence-electron chi connectivity index (χ1n) is 13.2. The zero-order valence-corrected chi connectivity index (χ0v) is 25.6. The summed E-state index contributed by atoms with van der Waals surface area (Å²) in [6, 6.07) is 7.09. The molecule has 0 saturated heterocycles. The number of aromatic carboxylic acids is 1. The van der Waals surface area contributed by atoms with Gasteiger partial charge in [0.15, 0.2) is 14.4 Å². The van der Waals surface area contributed by atoms with E-state index in [9.17, 15) is 37.5 Å². The molecule has 42 heavy (non-hydrogen) atoms. The van der Waals surface area contributed by atoms with Crippen molar-refractivity contribution in [1.82, 2.24) is 10.3 Å². The molecule has 0 saturated carbocycles. The van der Waals surface area contributed by atoms with Crippen LogP contribution in [0.2, 0.25) is 18.1 Å². The number of pyridine rings is 1. The number of aromatic amines is 1. The average Bonchev–Trinajstić information content (AvgIpc) is 2.85. The van der Waals surface area contributed by atoms with Gasteiger partial charge in [0, 0.05) is 6.20 Å². The summed E-state index contributed by atoms with van der Waals surface area (Å²) in [4.78, 5) is 52.2. The third-order valence-corrected chi connectivity index (χ3v) is 11.6. The molecule has 2 aromatic rings. The van der Waals surface area contributed by atoms with Crippen molar-refractivity contribution in [2.75, 3.05) is 5.32 Å². The van der Waals surface area contributed by atoms with Crippen molar-refractivity contribution in [1.29, 1.82) is 0 Å². The molecule has 10 nitrogen and oxygen atoms in total. The summed E-state index contributed by atoms with van der Waals surface area (Å²) in [6.45, 7) is 11.6. The third kappa shape index (κ3) is 9.18. The summed E-state index contributed by atoms with van der Waals surface area (Å²) in [5, 5.41) is 13.8. The van der Waals surface area contributed by atoms with Crippen LogP contribution >= 0.6 is 0 Å². The van der Waals surface area contributed by atoms with Crippen molar-refractivity contribution in [2.24, 2.45) is 5.92 Å². The number of halogens is 3. The topological polar surface area (TPSA) is 147 Å². The molecule has 1 aromatic carbocycles. The van der Waals surface area contributed by atoms with Gasteiger partial charge in [0.25, 0.3) is 5.56 Å². The molecule has 4 N–H and O–H groups in total. The molecule has 0 bridgehead atoms. The first-order valence-corrected chi connectivity index (χ1v) is 16.1. The Labute approximate surface area is 243 Å². The van der Waals surface area contributed by atoms with E-state index in [1.807, 2.05) is 0 Å². The number of hydrogen-bond donors (Lipinski definition) is 4. The van der Waals surface area contributed by atoms with Gasteiger partial charge in [-0.2, -0.15) is 13.2 Å². The summed E-state index contributed by atoms with van der Waals surface area (Å²) >= 11 is 0. The first kappa shape index (κ1) is 34.5. The molecule has 2 atom stereocenters. The van der Waals surface area contributed by atoms with Crippen LogP contribution in [0.1, 0.15) is 56.1 Å². The van der Waals surface area contributed by atoms with Gasteiger partial charge in [-0.3, -0.25) is 14.9 Å².